The summed E-state index contributed by atoms with van der Waals surface area (Å²) < 4.78 is 39.8. The Kier molecular flexibility index (Phi) is 6.93. The molecule has 0 bridgehead atoms. The van der Waals surface area contributed by atoms with Crippen molar-refractivity contribution in [2.24, 2.45) is 5.73 Å². The first-order valence-corrected chi connectivity index (χ1v) is 7.24. The van der Waals surface area contributed by atoms with Gasteiger partial charge in [0.2, 0.25) is 10.0 Å². The molecule has 0 heterocycles. The molecule has 1 unspecified atom stereocenters. The average molecular weight is 311 g/mol. The van der Waals surface area contributed by atoms with E-state index in [1.54, 1.807) is 20.8 Å². The quantitative estimate of drug-likeness (QED) is 0.872. The van der Waals surface area contributed by atoms with Crippen LogP contribution >= 0.6 is 12.4 Å². The Hall–Kier alpha value is -0.690. The monoisotopic (exact) mass is 310 g/mol. The van der Waals surface area contributed by atoms with Gasteiger partial charge in [-0.25, -0.2) is 17.5 Å². The molecular formula is C12H20ClFN2O2S. The average Bonchev–Trinajstić information content (AvgIpc) is 2.24. The van der Waals surface area contributed by atoms with Crippen LogP contribution in [0.2, 0.25) is 0 Å². The SMILES string of the molecule is Cc1cc(S(=O)(=O)NCCC(C)N)cc(C)c1F.Cl. The number of rotatable bonds is 5. The number of sulfonamides is 1. The predicted octanol–water partition coefficient (Wildman–Crippen LogP) is 1.88. The molecule has 19 heavy (non-hydrogen) atoms. The fourth-order valence-electron chi connectivity index (χ4n) is 1.57. The highest BCUT2D eigenvalue weighted by molar-refractivity contribution is 7.89. The summed E-state index contributed by atoms with van der Waals surface area (Å²) >= 11 is 0. The molecule has 1 atom stereocenters. The van der Waals surface area contributed by atoms with Crippen molar-refractivity contribution < 1.29 is 12.8 Å². The lowest BCUT2D eigenvalue weighted by Gasteiger charge is -2.10. The van der Waals surface area contributed by atoms with E-state index < -0.39 is 10.0 Å². The summed E-state index contributed by atoms with van der Waals surface area (Å²) in [6.07, 6.45) is 0.554. The first-order valence-electron chi connectivity index (χ1n) is 5.76. The van der Waals surface area contributed by atoms with Crippen LogP contribution in [0, 0.1) is 19.7 Å². The van der Waals surface area contributed by atoms with Crippen LogP contribution < -0.4 is 10.5 Å². The maximum atomic E-state index is 13.4. The van der Waals surface area contributed by atoms with E-state index >= 15 is 0 Å². The van der Waals surface area contributed by atoms with Crippen LogP contribution in [0.3, 0.4) is 0 Å². The van der Waals surface area contributed by atoms with Crippen molar-refractivity contribution in [2.75, 3.05) is 6.54 Å². The van der Waals surface area contributed by atoms with Gasteiger partial charge in [-0.1, -0.05) is 0 Å². The third-order valence-electron chi connectivity index (χ3n) is 2.61. The smallest absolute Gasteiger partial charge is 0.240 e. The van der Waals surface area contributed by atoms with Gasteiger partial charge in [-0.2, -0.15) is 0 Å². The first kappa shape index (κ1) is 18.3. The van der Waals surface area contributed by atoms with Crippen molar-refractivity contribution in [1.29, 1.82) is 0 Å². The number of hydrogen-bond donors (Lipinski definition) is 2. The molecule has 0 aliphatic rings. The van der Waals surface area contributed by atoms with E-state index in [-0.39, 0.29) is 35.7 Å². The van der Waals surface area contributed by atoms with Crippen LogP contribution in [0.25, 0.3) is 0 Å². The summed E-state index contributed by atoms with van der Waals surface area (Å²) in [6.45, 7) is 5.17. The molecule has 1 aromatic carbocycles. The van der Waals surface area contributed by atoms with E-state index in [0.29, 0.717) is 17.5 Å². The standard InChI is InChI=1S/C12H19FN2O2S.ClH/c1-8-6-11(7-9(2)12(8)13)18(16,17)15-5-4-10(3)14;/h6-7,10,15H,4-5,14H2,1-3H3;1H. The lowest BCUT2D eigenvalue weighted by atomic mass is 10.1. The van der Waals surface area contributed by atoms with Gasteiger partial charge in [-0.05, 0) is 50.5 Å². The molecular weight excluding hydrogens is 291 g/mol. The molecule has 1 aromatic rings. The van der Waals surface area contributed by atoms with Crippen molar-refractivity contribution in [3.05, 3.63) is 29.1 Å². The van der Waals surface area contributed by atoms with Crippen LogP contribution in [0.5, 0.6) is 0 Å². The second-order valence-corrected chi connectivity index (χ2v) is 6.30. The molecule has 7 heteroatoms. The minimum absolute atomic E-state index is 0. The van der Waals surface area contributed by atoms with E-state index in [1.165, 1.54) is 12.1 Å². The van der Waals surface area contributed by atoms with Crippen molar-refractivity contribution in [3.63, 3.8) is 0 Å². The second-order valence-electron chi connectivity index (χ2n) is 4.53. The lowest BCUT2D eigenvalue weighted by Crippen LogP contribution is -2.29. The Morgan fingerprint density at radius 3 is 2.21 bits per heavy atom. The van der Waals surface area contributed by atoms with Gasteiger partial charge in [0.15, 0.2) is 0 Å². The summed E-state index contributed by atoms with van der Waals surface area (Å²) in [6, 6.07) is 2.59. The number of hydrogen-bond acceptors (Lipinski definition) is 3. The van der Waals surface area contributed by atoms with Crippen molar-refractivity contribution >= 4 is 22.4 Å². The molecule has 0 saturated carbocycles. The number of halogens is 2. The topological polar surface area (TPSA) is 72.2 Å². The van der Waals surface area contributed by atoms with Crippen LogP contribution in [0.15, 0.2) is 17.0 Å². The maximum Gasteiger partial charge on any atom is 0.240 e. The maximum absolute atomic E-state index is 13.4. The van der Waals surface area contributed by atoms with Crippen molar-refractivity contribution in [1.82, 2.24) is 4.72 Å². The van der Waals surface area contributed by atoms with Gasteiger partial charge in [0.1, 0.15) is 5.82 Å². The van der Waals surface area contributed by atoms with E-state index in [4.69, 9.17) is 5.73 Å². The molecule has 0 saturated heterocycles. The van der Waals surface area contributed by atoms with Crippen LogP contribution in [-0.2, 0) is 10.0 Å². The fourth-order valence-corrected chi connectivity index (χ4v) is 2.78. The molecule has 0 aliphatic heterocycles. The van der Waals surface area contributed by atoms with Gasteiger partial charge in [-0.15, -0.1) is 12.4 Å². The van der Waals surface area contributed by atoms with Gasteiger partial charge in [0.05, 0.1) is 4.90 Å². The molecule has 110 valence electrons. The zero-order chi connectivity index (χ0) is 13.9. The minimum Gasteiger partial charge on any atom is -0.328 e. The Morgan fingerprint density at radius 1 is 1.32 bits per heavy atom. The zero-order valence-electron chi connectivity index (χ0n) is 11.2. The normalized spacial score (nSPS) is 12.9. The summed E-state index contributed by atoms with van der Waals surface area (Å²) in [5.41, 5.74) is 6.19. The lowest BCUT2D eigenvalue weighted by molar-refractivity contribution is 0.570. The predicted molar refractivity (Wildman–Crippen MR) is 76.6 cm³/mol. The fraction of sp³-hybridized carbons (Fsp3) is 0.500. The van der Waals surface area contributed by atoms with Crippen molar-refractivity contribution in [2.45, 2.75) is 38.1 Å². The molecule has 3 N–H and O–H groups in total. The number of nitrogens with one attached hydrogen (secondary N) is 1. The van der Waals surface area contributed by atoms with Gasteiger partial charge in [0, 0.05) is 12.6 Å². The highest BCUT2D eigenvalue weighted by Gasteiger charge is 2.16. The molecule has 0 aliphatic carbocycles. The number of aryl methyl sites for hydroxylation is 2. The Morgan fingerprint density at radius 2 is 1.79 bits per heavy atom. The molecule has 0 radical (unpaired) electrons. The van der Waals surface area contributed by atoms with Gasteiger partial charge in [0.25, 0.3) is 0 Å². The van der Waals surface area contributed by atoms with Crippen LogP contribution in [0.1, 0.15) is 24.5 Å². The van der Waals surface area contributed by atoms with E-state index in [0.717, 1.165) is 0 Å². The Bertz CT molecular complexity index is 510. The second kappa shape index (κ2) is 7.19. The third-order valence-corrected chi connectivity index (χ3v) is 4.05. The van der Waals surface area contributed by atoms with E-state index in [9.17, 15) is 12.8 Å². The highest BCUT2D eigenvalue weighted by atomic mass is 35.5. The zero-order valence-corrected chi connectivity index (χ0v) is 12.9. The largest absolute Gasteiger partial charge is 0.328 e. The minimum atomic E-state index is -3.59. The third kappa shape index (κ3) is 5.06. The van der Waals surface area contributed by atoms with Gasteiger partial charge >= 0.3 is 0 Å². The van der Waals surface area contributed by atoms with Crippen molar-refractivity contribution in [3.8, 4) is 0 Å². The molecule has 4 nitrogen and oxygen atoms in total. The Labute approximate surface area is 120 Å². The molecule has 0 fully saturated rings. The van der Waals surface area contributed by atoms with E-state index in [1.807, 2.05) is 0 Å². The summed E-state index contributed by atoms with van der Waals surface area (Å²) in [7, 11) is -3.59. The molecule has 0 aromatic heterocycles. The highest BCUT2D eigenvalue weighted by Crippen LogP contribution is 2.18. The van der Waals surface area contributed by atoms with Crippen LogP contribution in [-0.4, -0.2) is 21.0 Å². The molecule has 0 amide bonds. The number of benzene rings is 1. The van der Waals surface area contributed by atoms with E-state index in [2.05, 4.69) is 4.72 Å². The molecule has 1 rings (SSSR count). The van der Waals surface area contributed by atoms with Crippen LogP contribution in [0.4, 0.5) is 4.39 Å². The summed E-state index contributed by atoms with van der Waals surface area (Å²) in [5, 5.41) is 0. The Balaban J connectivity index is 0.00000324. The molecule has 0 spiro atoms. The van der Waals surface area contributed by atoms with Gasteiger partial charge < -0.3 is 5.73 Å². The summed E-state index contributed by atoms with van der Waals surface area (Å²) in [5.74, 6) is -0.371. The number of nitrogens with two attached hydrogens (primary N) is 1. The van der Waals surface area contributed by atoms with Gasteiger partial charge in [-0.3, -0.25) is 0 Å². The summed E-state index contributed by atoms with van der Waals surface area (Å²) in [4.78, 5) is 0.0866. The first-order chi connectivity index (χ1) is 8.24.